The van der Waals surface area contributed by atoms with Crippen LogP contribution in [0.2, 0.25) is 0 Å². The number of carbonyl (C=O) groups excluding carboxylic acids is 1. The normalized spacial score (nSPS) is 10.8. The van der Waals surface area contributed by atoms with Crippen LogP contribution >= 0.6 is 15.9 Å². The quantitative estimate of drug-likeness (QED) is 0.347. The molecule has 0 saturated carbocycles. The van der Waals surface area contributed by atoms with E-state index < -0.39 is 11.7 Å². The molecule has 1 aromatic heterocycles. The molecule has 3 rings (SSSR count). The number of carbonyl (C=O) groups is 1. The SMILES string of the molecule is O=C(NCCc1ccc(O)c(O)c1)OCc1cc(=O)oc2cc(O)c(Br)cc12. The van der Waals surface area contributed by atoms with Crippen molar-refractivity contribution in [3.63, 3.8) is 0 Å². The van der Waals surface area contributed by atoms with Crippen LogP contribution in [0, 0.1) is 0 Å². The zero-order valence-electron chi connectivity index (χ0n) is 14.4. The molecule has 0 fully saturated rings. The van der Waals surface area contributed by atoms with Crippen molar-refractivity contribution >= 4 is 33.0 Å². The van der Waals surface area contributed by atoms with E-state index in [-0.39, 0.29) is 36.0 Å². The molecule has 0 atom stereocenters. The third-order valence-electron chi connectivity index (χ3n) is 3.98. The van der Waals surface area contributed by atoms with Crippen molar-refractivity contribution in [2.24, 2.45) is 0 Å². The van der Waals surface area contributed by atoms with E-state index >= 15 is 0 Å². The highest BCUT2D eigenvalue weighted by Gasteiger charge is 2.11. The fourth-order valence-electron chi connectivity index (χ4n) is 2.58. The van der Waals surface area contributed by atoms with Gasteiger partial charge in [-0.05, 0) is 46.1 Å². The highest BCUT2D eigenvalue weighted by molar-refractivity contribution is 9.10. The lowest BCUT2D eigenvalue weighted by molar-refractivity contribution is 0.140. The molecule has 4 N–H and O–H groups in total. The Balaban J connectivity index is 1.60. The summed E-state index contributed by atoms with van der Waals surface area (Å²) in [6.07, 6.45) is -0.255. The van der Waals surface area contributed by atoms with Crippen LogP contribution in [0.15, 0.2) is 50.1 Å². The lowest BCUT2D eigenvalue weighted by Crippen LogP contribution is -2.26. The number of fused-ring (bicyclic) bond motifs is 1. The molecule has 0 saturated heterocycles. The monoisotopic (exact) mass is 449 g/mol. The maximum absolute atomic E-state index is 11.9. The van der Waals surface area contributed by atoms with Crippen molar-refractivity contribution in [3.8, 4) is 17.2 Å². The number of hydrogen-bond acceptors (Lipinski definition) is 7. The van der Waals surface area contributed by atoms with Gasteiger partial charge in [-0.2, -0.15) is 0 Å². The van der Waals surface area contributed by atoms with Crippen molar-refractivity contribution < 1.29 is 29.3 Å². The van der Waals surface area contributed by atoms with E-state index in [1.807, 2.05) is 0 Å². The molecule has 0 unspecified atom stereocenters. The Kier molecular flexibility index (Phi) is 5.74. The highest BCUT2D eigenvalue weighted by Crippen LogP contribution is 2.30. The second-order valence-corrected chi connectivity index (χ2v) is 6.82. The zero-order chi connectivity index (χ0) is 20.3. The van der Waals surface area contributed by atoms with Crippen molar-refractivity contribution in [2.75, 3.05) is 6.54 Å². The fraction of sp³-hybridized carbons (Fsp3) is 0.158. The molecule has 146 valence electrons. The van der Waals surface area contributed by atoms with Crippen LogP contribution in [0.1, 0.15) is 11.1 Å². The van der Waals surface area contributed by atoms with Gasteiger partial charge in [0.25, 0.3) is 0 Å². The number of alkyl carbamates (subject to hydrolysis) is 1. The minimum absolute atomic E-state index is 0.0771. The number of hydrogen-bond donors (Lipinski definition) is 4. The highest BCUT2D eigenvalue weighted by atomic mass is 79.9. The fourth-order valence-corrected chi connectivity index (χ4v) is 2.93. The number of phenols is 3. The average molecular weight is 450 g/mol. The molecule has 0 spiro atoms. The van der Waals surface area contributed by atoms with Crippen LogP contribution in [0.4, 0.5) is 4.79 Å². The summed E-state index contributed by atoms with van der Waals surface area (Å²) in [7, 11) is 0. The van der Waals surface area contributed by atoms with Crippen molar-refractivity contribution in [3.05, 3.63) is 62.4 Å². The van der Waals surface area contributed by atoms with Gasteiger partial charge in [0.2, 0.25) is 0 Å². The maximum atomic E-state index is 11.9. The molecule has 1 heterocycles. The summed E-state index contributed by atoms with van der Waals surface area (Å²) in [5.74, 6) is -0.519. The number of nitrogens with one attached hydrogen (secondary N) is 1. The van der Waals surface area contributed by atoms with Crippen LogP contribution in [-0.2, 0) is 17.8 Å². The summed E-state index contributed by atoms with van der Waals surface area (Å²) < 4.78 is 10.6. The first-order chi connectivity index (χ1) is 13.3. The largest absolute Gasteiger partial charge is 0.507 e. The van der Waals surface area contributed by atoms with Crippen molar-refractivity contribution in [1.29, 1.82) is 0 Å². The standard InChI is InChI=1S/C19H16BrNO7/c20-13-7-12-11(6-18(25)28-17(12)8-15(13)23)9-27-19(26)21-4-3-10-1-2-14(22)16(24)5-10/h1-2,5-8,22-24H,3-4,9H2,(H,21,26). The van der Waals surface area contributed by atoms with Gasteiger partial charge in [-0.1, -0.05) is 6.07 Å². The second kappa shape index (κ2) is 8.22. The molecule has 28 heavy (non-hydrogen) atoms. The van der Waals surface area contributed by atoms with Gasteiger partial charge < -0.3 is 29.8 Å². The molecule has 3 aromatic rings. The van der Waals surface area contributed by atoms with Crippen LogP contribution < -0.4 is 10.9 Å². The Morgan fingerprint density at radius 3 is 2.61 bits per heavy atom. The van der Waals surface area contributed by atoms with Gasteiger partial charge in [-0.25, -0.2) is 9.59 Å². The van der Waals surface area contributed by atoms with E-state index in [2.05, 4.69) is 21.2 Å². The van der Waals surface area contributed by atoms with E-state index in [4.69, 9.17) is 9.15 Å². The smallest absolute Gasteiger partial charge is 0.407 e. The minimum atomic E-state index is -0.678. The molecule has 9 heteroatoms. The molecular formula is C19H16BrNO7. The van der Waals surface area contributed by atoms with E-state index in [9.17, 15) is 24.9 Å². The zero-order valence-corrected chi connectivity index (χ0v) is 16.0. The first kappa shape index (κ1) is 19.6. The number of amides is 1. The number of benzene rings is 2. The molecule has 0 aliphatic rings. The van der Waals surface area contributed by atoms with Crippen LogP contribution in [0.3, 0.4) is 0 Å². The van der Waals surface area contributed by atoms with E-state index in [1.54, 1.807) is 12.1 Å². The van der Waals surface area contributed by atoms with Gasteiger partial charge in [-0.15, -0.1) is 0 Å². The Labute approximate surface area is 167 Å². The Morgan fingerprint density at radius 2 is 1.86 bits per heavy atom. The molecular weight excluding hydrogens is 434 g/mol. The van der Waals surface area contributed by atoms with E-state index in [0.717, 1.165) is 5.56 Å². The lowest BCUT2D eigenvalue weighted by Gasteiger charge is -2.09. The first-order valence-corrected chi connectivity index (χ1v) is 8.99. The topological polar surface area (TPSA) is 129 Å². The summed E-state index contributed by atoms with van der Waals surface area (Å²) >= 11 is 3.19. The van der Waals surface area contributed by atoms with Crippen LogP contribution in [0.25, 0.3) is 11.0 Å². The van der Waals surface area contributed by atoms with E-state index in [0.29, 0.717) is 21.8 Å². The predicted octanol–water partition coefficient (Wildman–Crippen LogP) is 3.14. The molecule has 0 bridgehead atoms. The van der Waals surface area contributed by atoms with Gasteiger partial charge in [0, 0.05) is 29.6 Å². The summed E-state index contributed by atoms with van der Waals surface area (Å²) in [5, 5.41) is 31.5. The molecule has 8 nitrogen and oxygen atoms in total. The second-order valence-electron chi connectivity index (χ2n) is 5.97. The summed E-state index contributed by atoms with van der Waals surface area (Å²) in [6.45, 7) is 0.0886. The Bertz CT molecular complexity index is 1090. The van der Waals surface area contributed by atoms with Crippen LogP contribution in [0.5, 0.6) is 17.2 Å². The Hall–Kier alpha value is -3.20. The lowest BCUT2D eigenvalue weighted by atomic mass is 10.1. The number of halogens is 1. The summed E-state index contributed by atoms with van der Waals surface area (Å²) in [6, 6.07) is 8.50. The van der Waals surface area contributed by atoms with Gasteiger partial charge in [-0.3, -0.25) is 0 Å². The molecule has 1 amide bonds. The maximum Gasteiger partial charge on any atom is 0.407 e. The molecule has 0 aliphatic carbocycles. The van der Waals surface area contributed by atoms with Gasteiger partial charge in [0.1, 0.15) is 17.9 Å². The van der Waals surface area contributed by atoms with Gasteiger partial charge in [0.05, 0.1) is 4.47 Å². The predicted molar refractivity (Wildman–Crippen MR) is 104 cm³/mol. The van der Waals surface area contributed by atoms with Crippen molar-refractivity contribution in [2.45, 2.75) is 13.0 Å². The molecule has 0 radical (unpaired) electrons. The number of phenolic OH excluding ortho intramolecular Hbond substituents is 3. The summed E-state index contributed by atoms with van der Waals surface area (Å²) in [5.41, 5.74) is 0.720. The summed E-state index contributed by atoms with van der Waals surface area (Å²) in [4.78, 5) is 23.6. The first-order valence-electron chi connectivity index (χ1n) is 8.20. The molecule has 2 aromatic carbocycles. The van der Waals surface area contributed by atoms with Crippen LogP contribution in [-0.4, -0.2) is 28.0 Å². The van der Waals surface area contributed by atoms with Crippen molar-refractivity contribution in [1.82, 2.24) is 5.32 Å². The minimum Gasteiger partial charge on any atom is -0.507 e. The van der Waals surface area contributed by atoms with Gasteiger partial charge >= 0.3 is 11.7 Å². The third kappa shape index (κ3) is 4.55. The number of rotatable bonds is 5. The average Bonchev–Trinajstić information content (AvgIpc) is 2.64. The van der Waals surface area contributed by atoms with E-state index in [1.165, 1.54) is 24.3 Å². The third-order valence-corrected chi connectivity index (χ3v) is 4.61. The molecule has 0 aliphatic heterocycles. The number of ether oxygens (including phenoxy) is 1. The Morgan fingerprint density at radius 1 is 1.07 bits per heavy atom. The number of aromatic hydroxyl groups is 3. The van der Waals surface area contributed by atoms with Gasteiger partial charge in [0.15, 0.2) is 11.5 Å².